The van der Waals surface area contributed by atoms with Gasteiger partial charge in [-0.1, -0.05) is 35.9 Å². The van der Waals surface area contributed by atoms with Crippen LogP contribution in [0.2, 0.25) is 5.02 Å². The number of nitrogens with zero attached hydrogens (tertiary/aromatic N) is 4. The van der Waals surface area contributed by atoms with E-state index >= 15 is 0 Å². The molecular weight excluding hydrogens is 595 g/mol. The molecule has 1 N–H and O–H groups in total. The van der Waals surface area contributed by atoms with Crippen LogP contribution in [0.15, 0.2) is 66.9 Å². The zero-order valence-corrected chi connectivity index (χ0v) is 23.3. The molecule has 3 aromatic rings. The van der Waals surface area contributed by atoms with Crippen molar-refractivity contribution < 1.29 is 31.2 Å². The first-order chi connectivity index (χ1) is 19.9. The van der Waals surface area contributed by atoms with Gasteiger partial charge >= 0.3 is 0 Å². The van der Waals surface area contributed by atoms with Crippen molar-refractivity contribution in [3.05, 3.63) is 88.8 Å². The monoisotopic (exact) mass is 617 g/mol. The molecule has 0 bridgehead atoms. The number of pyridine rings is 1. The van der Waals surface area contributed by atoms with Crippen molar-refractivity contribution in [3.8, 4) is 6.07 Å². The summed E-state index contributed by atoms with van der Waals surface area (Å²) in [6, 6.07) is 11.4. The third kappa shape index (κ3) is 5.77. The number of rotatable bonds is 7. The first kappa shape index (κ1) is 29.3. The number of nitriles is 1. The highest BCUT2D eigenvalue weighted by atomic mass is 35.5. The molecule has 218 valence electrons. The van der Waals surface area contributed by atoms with E-state index < -0.39 is 70.3 Å². The van der Waals surface area contributed by atoms with Crippen molar-refractivity contribution >= 4 is 44.9 Å². The van der Waals surface area contributed by atoms with Crippen LogP contribution in [0.1, 0.15) is 36.4 Å². The molecule has 5 rings (SSSR count). The number of nitrogens with one attached hydrogen (secondary N) is 1. The maximum Gasteiger partial charge on any atom is 0.252 e. The first-order valence-electron chi connectivity index (χ1n) is 12.8. The summed E-state index contributed by atoms with van der Waals surface area (Å²) in [7, 11) is -4.10. The molecule has 0 spiro atoms. The molecule has 1 aliphatic heterocycles. The molecule has 0 unspecified atom stereocenters. The average Bonchev–Trinajstić information content (AvgIpc) is 3.25. The van der Waals surface area contributed by atoms with Crippen LogP contribution < -0.4 is 14.5 Å². The smallest absolute Gasteiger partial charge is 0.252 e. The van der Waals surface area contributed by atoms with E-state index in [9.17, 15) is 36.4 Å². The second-order valence-electron chi connectivity index (χ2n) is 10.0. The lowest BCUT2D eigenvalue weighted by atomic mass is 9.87. The Morgan fingerprint density at radius 1 is 1.14 bits per heavy atom. The van der Waals surface area contributed by atoms with Gasteiger partial charge in [-0.2, -0.15) is 5.26 Å². The van der Waals surface area contributed by atoms with Gasteiger partial charge in [0.05, 0.1) is 17.4 Å². The van der Waals surface area contributed by atoms with Gasteiger partial charge in [-0.25, -0.2) is 30.9 Å². The molecule has 2 aromatic carbocycles. The molecule has 1 saturated carbocycles. The quantitative estimate of drug-likeness (QED) is 0.421. The van der Waals surface area contributed by atoms with Gasteiger partial charge in [0.15, 0.2) is 0 Å². The molecule has 2 aliphatic rings. The van der Waals surface area contributed by atoms with Crippen LogP contribution in [0, 0.1) is 17.1 Å². The largest absolute Gasteiger partial charge is 0.351 e. The Morgan fingerprint density at radius 2 is 1.88 bits per heavy atom. The van der Waals surface area contributed by atoms with Crippen molar-refractivity contribution in [1.82, 2.24) is 10.3 Å². The molecule has 2 fully saturated rings. The Labute approximate surface area is 244 Å². The number of hydrogen-bond donors (Lipinski definition) is 1. The fourth-order valence-corrected chi connectivity index (χ4v) is 7.06. The molecule has 14 heteroatoms. The third-order valence-corrected chi connectivity index (χ3v) is 9.22. The summed E-state index contributed by atoms with van der Waals surface area (Å²) in [5.41, 5.74) is 0.111. The lowest BCUT2D eigenvalue weighted by Gasteiger charge is -2.39. The fourth-order valence-electron chi connectivity index (χ4n) is 5.13. The van der Waals surface area contributed by atoms with E-state index in [1.807, 2.05) is 6.07 Å². The number of anilines is 2. The van der Waals surface area contributed by atoms with E-state index in [0.717, 1.165) is 21.3 Å². The second kappa shape index (κ2) is 11.3. The number of amides is 2. The zero-order chi connectivity index (χ0) is 30.2. The van der Waals surface area contributed by atoms with Gasteiger partial charge in [0.2, 0.25) is 15.9 Å². The standard InChI is InChI=1S/C28H23ClF3N5O4S/c29-22-7-2-1-6-21(22)25(26(38)35-19-14-28(31,32)15-19)36(20-5-3-4-18(30)13-20)27(39)23-9-11-42(40,41)37(23)24-12-17(16-33)8-10-34-24/h1-8,10,12-13,19,23,25H,9,11,14-15H2,(H,35,38)/t23-,25+/m0/s1. The van der Waals surface area contributed by atoms with E-state index in [1.165, 1.54) is 42.6 Å². The van der Waals surface area contributed by atoms with Gasteiger partial charge in [-0.3, -0.25) is 14.5 Å². The van der Waals surface area contributed by atoms with E-state index in [2.05, 4.69) is 10.3 Å². The molecule has 2 amide bonds. The van der Waals surface area contributed by atoms with Gasteiger partial charge < -0.3 is 5.32 Å². The van der Waals surface area contributed by atoms with Crippen LogP contribution in [0.3, 0.4) is 0 Å². The van der Waals surface area contributed by atoms with E-state index in [0.29, 0.717) is 0 Å². The minimum atomic E-state index is -4.10. The van der Waals surface area contributed by atoms with E-state index in [1.54, 1.807) is 12.1 Å². The molecule has 42 heavy (non-hydrogen) atoms. The minimum absolute atomic E-state index is 0.0603. The van der Waals surface area contributed by atoms with Crippen LogP contribution in [-0.4, -0.2) is 49.0 Å². The van der Waals surface area contributed by atoms with Crippen LogP contribution in [0.4, 0.5) is 24.7 Å². The molecular formula is C28H23ClF3N5O4S. The van der Waals surface area contributed by atoms with Crippen LogP contribution in [0.25, 0.3) is 0 Å². The summed E-state index contributed by atoms with van der Waals surface area (Å²) in [4.78, 5) is 33.3. The van der Waals surface area contributed by atoms with Gasteiger partial charge in [-0.05, 0) is 42.8 Å². The Hall–Kier alpha value is -4.15. The number of sulfonamides is 1. The van der Waals surface area contributed by atoms with Crippen molar-refractivity contribution in [3.63, 3.8) is 0 Å². The second-order valence-corrected chi connectivity index (χ2v) is 12.4. The minimum Gasteiger partial charge on any atom is -0.351 e. The predicted octanol–water partition coefficient (Wildman–Crippen LogP) is 4.34. The van der Waals surface area contributed by atoms with Gasteiger partial charge in [0.1, 0.15) is 23.7 Å². The maximum atomic E-state index is 14.5. The zero-order valence-electron chi connectivity index (χ0n) is 21.8. The number of hydrogen-bond acceptors (Lipinski definition) is 6. The number of carbonyl (C=O) groups excluding carboxylic acids is 2. The lowest BCUT2D eigenvalue weighted by Crippen LogP contribution is -2.56. The summed E-state index contributed by atoms with van der Waals surface area (Å²) in [5.74, 6) is -6.09. The number of benzene rings is 2. The fraction of sp³-hybridized carbons (Fsp3) is 0.286. The Balaban J connectivity index is 1.63. The highest BCUT2D eigenvalue weighted by Crippen LogP contribution is 2.40. The van der Waals surface area contributed by atoms with Crippen molar-refractivity contribution in [2.24, 2.45) is 0 Å². The van der Waals surface area contributed by atoms with Crippen molar-refractivity contribution in [2.45, 2.75) is 43.3 Å². The lowest BCUT2D eigenvalue weighted by molar-refractivity contribution is -0.133. The van der Waals surface area contributed by atoms with Crippen molar-refractivity contribution in [1.29, 1.82) is 5.26 Å². The SMILES string of the molecule is N#Cc1ccnc(N2[C@H](C(=O)N(c3cccc(F)c3)[C@@H](C(=O)NC3CC(F)(F)C3)c3ccccc3Cl)CCS2(=O)=O)c1. The summed E-state index contributed by atoms with van der Waals surface area (Å²) in [6.07, 6.45) is -0.186. The molecule has 1 saturated heterocycles. The van der Waals surface area contributed by atoms with Crippen molar-refractivity contribution in [2.75, 3.05) is 15.0 Å². The highest BCUT2D eigenvalue weighted by molar-refractivity contribution is 7.93. The van der Waals surface area contributed by atoms with Crippen LogP contribution in [-0.2, 0) is 19.6 Å². The predicted molar refractivity (Wildman–Crippen MR) is 148 cm³/mol. The molecule has 1 aliphatic carbocycles. The van der Waals surface area contributed by atoms with Crippen LogP contribution in [0.5, 0.6) is 0 Å². The number of halogens is 4. The summed E-state index contributed by atoms with van der Waals surface area (Å²) in [5, 5.41) is 11.9. The van der Waals surface area contributed by atoms with Crippen LogP contribution >= 0.6 is 11.6 Å². The summed E-state index contributed by atoms with van der Waals surface area (Å²) >= 11 is 6.46. The van der Waals surface area contributed by atoms with E-state index in [4.69, 9.17) is 11.6 Å². The molecule has 9 nitrogen and oxygen atoms in total. The summed E-state index contributed by atoms with van der Waals surface area (Å²) < 4.78 is 68.8. The maximum absolute atomic E-state index is 14.5. The average molecular weight is 618 g/mol. The molecule has 2 heterocycles. The van der Waals surface area contributed by atoms with Gasteiger partial charge in [-0.15, -0.1) is 0 Å². The Kier molecular flexibility index (Phi) is 7.87. The molecule has 2 atom stereocenters. The first-order valence-corrected chi connectivity index (χ1v) is 14.8. The topological polar surface area (TPSA) is 123 Å². The van der Waals surface area contributed by atoms with Gasteiger partial charge in [0, 0.05) is 41.4 Å². The van der Waals surface area contributed by atoms with Gasteiger partial charge in [0.25, 0.3) is 11.8 Å². The number of alkyl halides is 2. The molecule has 0 radical (unpaired) electrons. The molecule has 1 aromatic heterocycles. The Bertz CT molecular complexity index is 1690. The summed E-state index contributed by atoms with van der Waals surface area (Å²) in [6.45, 7) is 0. The third-order valence-electron chi connectivity index (χ3n) is 7.08. The normalized spacial score (nSPS) is 19.8. The highest BCUT2D eigenvalue weighted by Gasteiger charge is 2.49. The number of aromatic nitrogens is 1. The van der Waals surface area contributed by atoms with E-state index in [-0.39, 0.29) is 34.1 Å². The Morgan fingerprint density at radius 3 is 2.55 bits per heavy atom. The number of carbonyl (C=O) groups is 2.